The molecule has 0 fully saturated rings. The van der Waals surface area contributed by atoms with Gasteiger partial charge in [-0.2, -0.15) is 5.10 Å². The van der Waals surface area contributed by atoms with E-state index >= 15 is 0 Å². The first kappa shape index (κ1) is 18.1. The van der Waals surface area contributed by atoms with Crippen molar-refractivity contribution in [3.8, 4) is 0 Å². The number of hydrogen-bond acceptors (Lipinski definition) is 4. The number of rotatable bonds is 6. The Morgan fingerprint density at radius 3 is 2.65 bits per heavy atom. The molecule has 2 heterocycles. The maximum Gasteiger partial charge on any atom is 0.256 e. The molecule has 0 aliphatic rings. The largest absolute Gasteiger partial charge is 0.395 e. The van der Waals surface area contributed by atoms with Gasteiger partial charge in [0.05, 0.1) is 24.1 Å². The Kier molecular flexibility index (Phi) is 5.32. The minimum absolute atomic E-state index is 0.0847. The van der Waals surface area contributed by atoms with Crippen LogP contribution in [0.2, 0.25) is 0 Å². The number of carbonyl (C=O) groups excluding carboxylic acids is 1. The summed E-state index contributed by atoms with van der Waals surface area (Å²) in [5, 5.41) is 14.6. The number of fused-ring (bicyclic) bond motifs is 1. The molecule has 0 saturated heterocycles. The zero-order chi connectivity index (χ0) is 18.7. The van der Waals surface area contributed by atoms with Gasteiger partial charge in [0.25, 0.3) is 5.91 Å². The second-order valence-corrected chi connectivity index (χ2v) is 6.65. The maximum atomic E-state index is 13.1. The monoisotopic (exact) mass is 352 g/mol. The number of aryl methyl sites for hydroxylation is 1. The fourth-order valence-electron chi connectivity index (χ4n) is 3.01. The summed E-state index contributed by atoms with van der Waals surface area (Å²) >= 11 is 0. The summed E-state index contributed by atoms with van der Waals surface area (Å²) in [6.45, 7) is 6.57. The van der Waals surface area contributed by atoms with Gasteiger partial charge in [-0.25, -0.2) is 9.67 Å². The fraction of sp³-hybridized carbons (Fsp3) is 0.350. The second-order valence-electron chi connectivity index (χ2n) is 6.65. The molecule has 0 saturated carbocycles. The molecular weight excluding hydrogens is 328 g/mol. The smallest absolute Gasteiger partial charge is 0.256 e. The molecule has 0 bridgehead atoms. The van der Waals surface area contributed by atoms with Crippen LogP contribution in [0.15, 0.2) is 42.6 Å². The molecule has 0 aliphatic carbocycles. The normalized spacial score (nSPS) is 11.3. The van der Waals surface area contributed by atoms with Gasteiger partial charge in [0.1, 0.15) is 0 Å². The van der Waals surface area contributed by atoms with Gasteiger partial charge in [-0.15, -0.1) is 0 Å². The molecule has 3 aromatic rings. The number of aliphatic hydroxyl groups is 1. The topological polar surface area (TPSA) is 71.2 Å². The van der Waals surface area contributed by atoms with Crippen LogP contribution < -0.4 is 0 Å². The maximum absolute atomic E-state index is 13.1. The molecule has 2 aromatic heterocycles. The van der Waals surface area contributed by atoms with Gasteiger partial charge in [0.2, 0.25) is 0 Å². The molecule has 6 heteroatoms. The molecule has 0 unspecified atom stereocenters. The lowest BCUT2D eigenvalue weighted by Gasteiger charge is -2.22. The van der Waals surface area contributed by atoms with Crippen LogP contribution in [0.1, 0.15) is 41.5 Å². The average Bonchev–Trinajstić information content (AvgIpc) is 3.04. The molecule has 0 aliphatic heterocycles. The summed E-state index contributed by atoms with van der Waals surface area (Å²) in [7, 11) is 0. The van der Waals surface area contributed by atoms with E-state index in [1.54, 1.807) is 11.1 Å². The molecule has 0 spiro atoms. The van der Waals surface area contributed by atoms with E-state index in [-0.39, 0.29) is 25.1 Å². The van der Waals surface area contributed by atoms with E-state index in [4.69, 9.17) is 0 Å². The average molecular weight is 352 g/mol. The number of carbonyl (C=O) groups is 1. The van der Waals surface area contributed by atoms with E-state index in [9.17, 15) is 9.90 Å². The third-order valence-corrected chi connectivity index (χ3v) is 4.35. The Labute approximate surface area is 153 Å². The zero-order valence-electron chi connectivity index (χ0n) is 15.4. The molecule has 26 heavy (non-hydrogen) atoms. The number of pyridine rings is 1. The molecule has 3 rings (SSSR count). The summed E-state index contributed by atoms with van der Waals surface area (Å²) in [4.78, 5) is 19.4. The molecule has 1 amide bonds. The lowest BCUT2D eigenvalue weighted by atomic mass is 10.1. The minimum atomic E-state index is -0.132. The highest BCUT2D eigenvalue weighted by molar-refractivity contribution is 5.98. The Hall–Kier alpha value is -2.73. The first-order valence-electron chi connectivity index (χ1n) is 8.80. The van der Waals surface area contributed by atoms with Crippen LogP contribution in [0.4, 0.5) is 0 Å². The van der Waals surface area contributed by atoms with Gasteiger partial charge >= 0.3 is 0 Å². The number of benzene rings is 1. The fourth-order valence-corrected chi connectivity index (χ4v) is 3.01. The van der Waals surface area contributed by atoms with Gasteiger partial charge < -0.3 is 10.0 Å². The summed E-state index contributed by atoms with van der Waals surface area (Å²) < 4.78 is 1.85. The van der Waals surface area contributed by atoms with Crippen LogP contribution in [0.25, 0.3) is 11.0 Å². The van der Waals surface area contributed by atoms with E-state index in [2.05, 4.69) is 10.1 Å². The predicted molar refractivity (Wildman–Crippen MR) is 101 cm³/mol. The van der Waals surface area contributed by atoms with Crippen molar-refractivity contribution in [2.75, 3.05) is 13.2 Å². The van der Waals surface area contributed by atoms with Gasteiger partial charge in [0, 0.05) is 24.5 Å². The lowest BCUT2D eigenvalue weighted by Crippen LogP contribution is -2.33. The van der Waals surface area contributed by atoms with Crippen LogP contribution in [0.3, 0.4) is 0 Å². The number of aromatic nitrogens is 3. The van der Waals surface area contributed by atoms with Crippen molar-refractivity contribution in [1.29, 1.82) is 0 Å². The van der Waals surface area contributed by atoms with Crippen LogP contribution >= 0.6 is 0 Å². The first-order valence-corrected chi connectivity index (χ1v) is 8.80. The second kappa shape index (κ2) is 7.66. The Bertz CT molecular complexity index is 903. The summed E-state index contributed by atoms with van der Waals surface area (Å²) in [6, 6.07) is 11.8. The number of nitrogens with zero attached hydrogens (tertiary/aromatic N) is 4. The Morgan fingerprint density at radius 2 is 2.00 bits per heavy atom. The van der Waals surface area contributed by atoms with Gasteiger partial charge in [-0.3, -0.25) is 4.79 Å². The van der Waals surface area contributed by atoms with E-state index in [1.807, 2.05) is 61.9 Å². The van der Waals surface area contributed by atoms with Gasteiger partial charge in [0.15, 0.2) is 5.65 Å². The number of amides is 1. The third-order valence-electron chi connectivity index (χ3n) is 4.35. The first-order chi connectivity index (χ1) is 12.5. The van der Waals surface area contributed by atoms with Crippen molar-refractivity contribution < 1.29 is 9.90 Å². The van der Waals surface area contributed by atoms with E-state index in [0.717, 1.165) is 16.6 Å². The molecular formula is C20H24N4O2. The number of hydrogen-bond donors (Lipinski definition) is 1. The lowest BCUT2D eigenvalue weighted by molar-refractivity contribution is 0.0707. The van der Waals surface area contributed by atoms with Crippen LogP contribution in [0, 0.1) is 6.92 Å². The van der Waals surface area contributed by atoms with Gasteiger partial charge in [-0.1, -0.05) is 30.3 Å². The summed E-state index contributed by atoms with van der Waals surface area (Å²) in [5.74, 6) is -0.132. The molecule has 6 nitrogen and oxygen atoms in total. The quantitative estimate of drug-likeness (QED) is 0.740. The van der Waals surface area contributed by atoms with Gasteiger partial charge in [-0.05, 0) is 32.4 Å². The van der Waals surface area contributed by atoms with Crippen molar-refractivity contribution in [2.24, 2.45) is 0 Å². The highest BCUT2D eigenvalue weighted by Gasteiger charge is 2.20. The molecule has 1 aromatic carbocycles. The molecule has 0 radical (unpaired) electrons. The Balaban J connectivity index is 1.94. The standard InChI is InChI=1S/C20H24N4O2/c1-14(2)24-19-17(12-21-24)11-18(15(3)22-19)20(26)23(9-10-25)13-16-7-5-4-6-8-16/h4-8,11-12,14,25H,9-10,13H2,1-3H3. The Morgan fingerprint density at radius 1 is 1.27 bits per heavy atom. The van der Waals surface area contributed by atoms with E-state index < -0.39 is 0 Å². The molecule has 136 valence electrons. The van der Waals surface area contributed by atoms with Crippen LogP contribution in [-0.4, -0.2) is 43.8 Å². The van der Waals surface area contributed by atoms with Crippen LogP contribution in [-0.2, 0) is 6.54 Å². The molecule has 0 atom stereocenters. The van der Waals surface area contributed by atoms with Crippen molar-refractivity contribution in [2.45, 2.75) is 33.4 Å². The minimum Gasteiger partial charge on any atom is -0.395 e. The highest BCUT2D eigenvalue weighted by Crippen LogP contribution is 2.21. The van der Waals surface area contributed by atoms with E-state index in [1.165, 1.54) is 0 Å². The SMILES string of the molecule is Cc1nc2c(cnn2C(C)C)cc1C(=O)N(CCO)Cc1ccccc1. The summed E-state index contributed by atoms with van der Waals surface area (Å²) in [6.07, 6.45) is 1.74. The van der Waals surface area contributed by atoms with E-state index in [0.29, 0.717) is 17.8 Å². The zero-order valence-corrected chi connectivity index (χ0v) is 15.4. The van der Waals surface area contributed by atoms with Crippen molar-refractivity contribution in [1.82, 2.24) is 19.7 Å². The predicted octanol–water partition coefficient (Wildman–Crippen LogP) is 2.96. The number of aliphatic hydroxyl groups excluding tert-OH is 1. The summed E-state index contributed by atoms with van der Waals surface area (Å²) in [5.41, 5.74) is 3.02. The van der Waals surface area contributed by atoms with Crippen LogP contribution in [0.5, 0.6) is 0 Å². The third kappa shape index (κ3) is 3.60. The van der Waals surface area contributed by atoms with Crippen molar-refractivity contribution >= 4 is 16.9 Å². The highest BCUT2D eigenvalue weighted by atomic mass is 16.3. The van der Waals surface area contributed by atoms with Crippen molar-refractivity contribution in [3.05, 3.63) is 59.4 Å². The molecule has 1 N–H and O–H groups in total. The van der Waals surface area contributed by atoms with Crippen molar-refractivity contribution in [3.63, 3.8) is 0 Å².